The lowest BCUT2D eigenvalue weighted by Gasteiger charge is -2.17. The van der Waals surface area contributed by atoms with E-state index in [0.29, 0.717) is 4.31 Å². The zero-order valence-corrected chi connectivity index (χ0v) is 9.66. The van der Waals surface area contributed by atoms with Gasteiger partial charge in [0.2, 0.25) is 0 Å². The third-order valence-corrected chi connectivity index (χ3v) is 3.02. The van der Waals surface area contributed by atoms with E-state index < -0.39 is 22.7 Å². The first-order chi connectivity index (χ1) is 7.44. The molecule has 0 aromatic rings. The number of carbonyl (C=O) groups is 1. The Kier molecular flexibility index (Phi) is 6.67. The lowest BCUT2D eigenvalue weighted by Crippen LogP contribution is -2.44. The predicted octanol–water partition coefficient (Wildman–Crippen LogP) is -1.51. The van der Waals surface area contributed by atoms with Crippen molar-refractivity contribution in [2.45, 2.75) is 0 Å². The number of hydrogen-bond acceptors (Lipinski definition) is 4. The topological polar surface area (TPSA) is 95.9 Å². The minimum atomic E-state index is -3.87. The summed E-state index contributed by atoms with van der Waals surface area (Å²) in [5, 5.41) is 8.52. The highest BCUT2D eigenvalue weighted by molar-refractivity contribution is 7.87. The molecule has 0 saturated carbocycles. The van der Waals surface area contributed by atoms with E-state index >= 15 is 0 Å². The lowest BCUT2D eigenvalue weighted by molar-refractivity contribution is -0.137. The summed E-state index contributed by atoms with van der Waals surface area (Å²) in [4.78, 5) is 10.4. The van der Waals surface area contributed by atoms with Crippen molar-refractivity contribution >= 4 is 16.2 Å². The van der Waals surface area contributed by atoms with Crippen molar-refractivity contribution in [3.05, 3.63) is 0 Å². The van der Waals surface area contributed by atoms with Crippen LogP contribution >= 0.6 is 0 Å². The molecule has 0 amide bonds. The number of nitrogens with zero attached hydrogens (tertiary/aromatic N) is 1. The molecule has 0 rings (SSSR count). The minimum absolute atomic E-state index is 0.0551. The summed E-state index contributed by atoms with van der Waals surface area (Å²) in [6, 6.07) is 0. The molecular weight excluding hydrogens is 236 g/mol. The number of terminal acetylenes is 1. The number of nitrogens with one attached hydrogen (secondary N) is 1. The van der Waals surface area contributed by atoms with Gasteiger partial charge < -0.3 is 9.84 Å². The standard InChI is InChI=1S/C8H14N2O5S/c1-3-5-10(7-8(11)12)16(13,14)9-4-6-15-2/h1,9H,4-7H2,2H3,(H,11,12). The average Bonchev–Trinajstić information content (AvgIpc) is 2.16. The van der Waals surface area contributed by atoms with Gasteiger partial charge >= 0.3 is 5.97 Å². The second-order valence-electron chi connectivity index (χ2n) is 2.76. The van der Waals surface area contributed by atoms with Gasteiger partial charge in [-0.1, -0.05) is 5.92 Å². The Bertz CT molecular complexity index is 359. The van der Waals surface area contributed by atoms with Crippen LogP contribution in [0.25, 0.3) is 0 Å². The summed E-state index contributed by atoms with van der Waals surface area (Å²) in [6.07, 6.45) is 4.96. The predicted molar refractivity (Wildman–Crippen MR) is 56.8 cm³/mol. The van der Waals surface area contributed by atoms with Crippen LogP contribution in [0.4, 0.5) is 0 Å². The first-order valence-electron chi connectivity index (χ1n) is 4.33. The Balaban J connectivity index is 4.51. The zero-order valence-electron chi connectivity index (χ0n) is 8.84. The van der Waals surface area contributed by atoms with E-state index in [2.05, 4.69) is 15.4 Å². The van der Waals surface area contributed by atoms with Gasteiger partial charge in [-0.05, 0) is 0 Å². The summed E-state index contributed by atoms with van der Waals surface area (Å²) in [5.41, 5.74) is 0. The van der Waals surface area contributed by atoms with Crippen LogP contribution in [0.15, 0.2) is 0 Å². The SMILES string of the molecule is C#CCN(CC(=O)O)S(=O)(=O)NCCOC. The van der Waals surface area contributed by atoms with Gasteiger partial charge in [-0.25, -0.2) is 0 Å². The monoisotopic (exact) mass is 250 g/mol. The van der Waals surface area contributed by atoms with E-state index in [0.717, 1.165) is 0 Å². The average molecular weight is 250 g/mol. The number of rotatable bonds is 8. The summed E-state index contributed by atoms with van der Waals surface area (Å²) < 4.78 is 30.5. The number of methoxy groups -OCH3 is 1. The van der Waals surface area contributed by atoms with Crippen molar-refractivity contribution in [2.75, 3.05) is 33.4 Å². The Hall–Kier alpha value is -1.14. The van der Waals surface area contributed by atoms with E-state index in [1.54, 1.807) is 0 Å². The fourth-order valence-corrected chi connectivity index (χ4v) is 1.89. The quantitative estimate of drug-likeness (QED) is 0.403. The van der Waals surface area contributed by atoms with Gasteiger partial charge in [0.05, 0.1) is 13.2 Å². The second-order valence-corrected chi connectivity index (χ2v) is 4.51. The van der Waals surface area contributed by atoms with Gasteiger partial charge in [-0.3, -0.25) is 4.79 Å². The van der Waals surface area contributed by atoms with Gasteiger partial charge in [0.25, 0.3) is 10.2 Å². The fourth-order valence-electron chi connectivity index (χ4n) is 0.843. The molecule has 8 heteroatoms. The van der Waals surface area contributed by atoms with E-state index in [9.17, 15) is 13.2 Å². The molecule has 0 radical (unpaired) electrons. The molecular formula is C8H14N2O5S. The molecule has 0 saturated heterocycles. The van der Waals surface area contributed by atoms with Gasteiger partial charge in [0, 0.05) is 13.7 Å². The van der Waals surface area contributed by atoms with Crippen LogP contribution in [0.5, 0.6) is 0 Å². The van der Waals surface area contributed by atoms with Crippen molar-refractivity contribution in [3.63, 3.8) is 0 Å². The van der Waals surface area contributed by atoms with E-state index in [-0.39, 0.29) is 19.7 Å². The molecule has 0 spiro atoms. The Morgan fingerprint density at radius 3 is 2.69 bits per heavy atom. The lowest BCUT2D eigenvalue weighted by atomic mass is 10.6. The van der Waals surface area contributed by atoms with Crippen molar-refractivity contribution in [1.82, 2.24) is 9.03 Å². The molecule has 0 bridgehead atoms. The largest absolute Gasteiger partial charge is 0.480 e. The number of carboxylic acid groups (broad SMARTS) is 1. The molecule has 0 aliphatic rings. The molecule has 92 valence electrons. The molecule has 0 heterocycles. The third kappa shape index (κ3) is 5.67. The first-order valence-corrected chi connectivity index (χ1v) is 5.77. The van der Waals surface area contributed by atoms with Crippen LogP contribution in [0.2, 0.25) is 0 Å². The van der Waals surface area contributed by atoms with Crippen LogP contribution < -0.4 is 4.72 Å². The Labute approximate surface area is 94.6 Å². The second kappa shape index (κ2) is 7.19. The van der Waals surface area contributed by atoms with Crippen LogP contribution in [0.3, 0.4) is 0 Å². The first kappa shape index (κ1) is 14.9. The number of hydrogen-bond donors (Lipinski definition) is 2. The fraction of sp³-hybridized carbons (Fsp3) is 0.625. The molecule has 7 nitrogen and oxygen atoms in total. The zero-order chi connectivity index (χ0) is 12.6. The maximum absolute atomic E-state index is 11.5. The van der Waals surface area contributed by atoms with Crippen LogP contribution in [-0.4, -0.2) is 57.1 Å². The van der Waals surface area contributed by atoms with Crippen LogP contribution in [0.1, 0.15) is 0 Å². The van der Waals surface area contributed by atoms with Crippen molar-refractivity contribution in [1.29, 1.82) is 0 Å². The maximum atomic E-state index is 11.5. The molecule has 0 unspecified atom stereocenters. The molecule has 0 fully saturated rings. The number of ether oxygens (including phenoxy) is 1. The molecule has 0 atom stereocenters. The summed E-state index contributed by atoms with van der Waals surface area (Å²) in [5.74, 6) is 0.811. The minimum Gasteiger partial charge on any atom is -0.480 e. The van der Waals surface area contributed by atoms with E-state index in [1.165, 1.54) is 7.11 Å². The highest BCUT2D eigenvalue weighted by Crippen LogP contribution is 1.96. The van der Waals surface area contributed by atoms with Crippen LogP contribution in [-0.2, 0) is 19.7 Å². The van der Waals surface area contributed by atoms with Gasteiger partial charge in [0.15, 0.2) is 0 Å². The van der Waals surface area contributed by atoms with Crippen LogP contribution in [0, 0.1) is 12.3 Å². The molecule has 0 aliphatic carbocycles. The molecule has 16 heavy (non-hydrogen) atoms. The number of carboxylic acids is 1. The summed E-state index contributed by atoms with van der Waals surface area (Å²) in [6.45, 7) is -0.725. The Morgan fingerprint density at radius 2 is 2.25 bits per heavy atom. The van der Waals surface area contributed by atoms with E-state index in [1.807, 2.05) is 0 Å². The van der Waals surface area contributed by atoms with Crippen molar-refractivity contribution in [3.8, 4) is 12.3 Å². The van der Waals surface area contributed by atoms with Crippen molar-refractivity contribution in [2.24, 2.45) is 0 Å². The third-order valence-electron chi connectivity index (χ3n) is 1.51. The molecule has 2 N–H and O–H groups in total. The highest BCUT2D eigenvalue weighted by Gasteiger charge is 2.22. The Morgan fingerprint density at radius 1 is 1.62 bits per heavy atom. The summed E-state index contributed by atoms with van der Waals surface area (Å²) >= 11 is 0. The van der Waals surface area contributed by atoms with Crippen molar-refractivity contribution < 1.29 is 23.1 Å². The molecule has 0 aromatic carbocycles. The van der Waals surface area contributed by atoms with E-state index in [4.69, 9.17) is 11.5 Å². The van der Waals surface area contributed by atoms with Gasteiger partial charge in [-0.2, -0.15) is 17.4 Å². The summed E-state index contributed by atoms with van der Waals surface area (Å²) in [7, 11) is -2.45. The molecule has 0 aromatic heterocycles. The smallest absolute Gasteiger partial charge is 0.318 e. The maximum Gasteiger partial charge on any atom is 0.318 e. The normalized spacial score (nSPS) is 11.3. The molecule has 0 aliphatic heterocycles. The number of aliphatic carboxylic acids is 1. The highest BCUT2D eigenvalue weighted by atomic mass is 32.2. The van der Waals surface area contributed by atoms with Gasteiger partial charge in [0.1, 0.15) is 6.54 Å². The van der Waals surface area contributed by atoms with Gasteiger partial charge in [-0.15, -0.1) is 6.42 Å².